The third-order valence-corrected chi connectivity index (χ3v) is 3.75. The summed E-state index contributed by atoms with van der Waals surface area (Å²) in [6.45, 7) is 8.52. The number of allylic oxidation sites excluding steroid dienone is 1. The molecular formula is C10H16O2S. The van der Waals surface area contributed by atoms with Gasteiger partial charge in [-0.05, 0) is 18.8 Å². The van der Waals surface area contributed by atoms with Crippen LogP contribution < -0.4 is 0 Å². The van der Waals surface area contributed by atoms with Crippen molar-refractivity contribution >= 4 is 17.7 Å². The fourth-order valence-electron chi connectivity index (χ4n) is 1.54. The highest BCUT2D eigenvalue weighted by atomic mass is 32.2. The quantitative estimate of drug-likeness (QED) is 0.641. The summed E-state index contributed by atoms with van der Waals surface area (Å²) in [6.07, 6.45) is 0. The Morgan fingerprint density at radius 3 is 2.54 bits per heavy atom. The van der Waals surface area contributed by atoms with E-state index in [1.807, 2.05) is 13.8 Å². The first kappa shape index (κ1) is 10.6. The number of esters is 1. The third-order valence-electron chi connectivity index (χ3n) is 2.40. The Kier molecular flexibility index (Phi) is 3.42. The van der Waals surface area contributed by atoms with E-state index in [0.29, 0.717) is 17.8 Å². The molecule has 0 aromatic rings. The molecule has 0 saturated carbocycles. The van der Waals surface area contributed by atoms with E-state index in [0.717, 1.165) is 10.5 Å². The Balaban J connectivity index is 2.78. The molecule has 1 aliphatic rings. The van der Waals surface area contributed by atoms with E-state index in [1.54, 1.807) is 11.8 Å². The van der Waals surface area contributed by atoms with Crippen molar-refractivity contribution in [2.45, 2.75) is 32.9 Å². The van der Waals surface area contributed by atoms with Crippen LogP contribution in [-0.4, -0.2) is 17.8 Å². The van der Waals surface area contributed by atoms with E-state index >= 15 is 0 Å². The lowest BCUT2D eigenvalue weighted by molar-refractivity contribution is -0.139. The van der Waals surface area contributed by atoms with Crippen LogP contribution in [0.2, 0.25) is 0 Å². The maximum Gasteiger partial charge on any atom is 0.335 e. The second kappa shape index (κ2) is 4.18. The molecule has 2 nitrogen and oxygen atoms in total. The molecule has 0 fully saturated rings. The van der Waals surface area contributed by atoms with Gasteiger partial charge in [-0.1, -0.05) is 13.8 Å². The molecule has 0 saturated heterocycles. The summed E-state index contributed by atoms with van der Waals surface area (Å²) < 4.78 is 5.00. The molecule has 2 atom stereocenters. The summed E-state index contributed by atoms with van der Waals surface area (Å²) in [5.41, 5.74) is 0.874. The lowest BCUT2D eigenvalue weighted by atomic mass is 9.98. The Morgan fingerprint density at radius 2 is 2.15 bits per heavy atom. The maximum atomic E-state index is 11.5. The standard InChI is InChI=1S/C10H16O2S/c1-5-12-10(11)9-6(2)7(3)13-8(9)4/h6-7H,5H2,1-4H3. The summed E-state index contributed by atoms with van der Waals surface area (Å²) in [5.74, 6) is 0.188. The van der Waals surface area contributed by atoms with E-state index in [-0.39, 0.29) is 5.97 Å². The fraction of sp³-hybridized carbons (Fsp3) is 0.700. The third kappa shape index (κ3) is 2.08. The van der Waals surface area contributed by atoms with Crippen molar-refractivity contribution in [1.29, 1.82) is 0 Å². The van der Waals surface area contributed by atoms with Crippen LogP contribution in [0, 0.1) is 5.92 Å². The highest BCUT2D eigenvalue weighted by Crippen LogP contribution is 2.41. The minimum Gasteiger partial charge on any atom is -0.463 e. The number of ether oxygens (including phenoxy) is 1. The predicted molar refractivity (Wildman–Crippen MR) is 55.6 cm³/mol. The van der Waals surface area contributed by atoms with Gasteiger partial charge in [-0.25, -0.2) is 4.79 Å². The molecule has 1 rings (SSSR count). The summed E-state index contributed by atoms with van der Waals surface area (Å²) in [5, 5.41) is 0.499. The SMILES string of the molecule is CCOC(=O)C1=C(C)SC(C)C1C. The van der Waals surface area contributed by atoms with Gasteiger partial charge in [0, 0.05) is 11.2 Å². The Bertz CT molecular complexity index is 245. The predicted octanol–water partition coefficient (Wildman–Crippen LogP) is 2.59. The van der Waals surface area contributed by atoms with Gasteiger partial charge >= 0.3 is 5.97 Å². The van der Waals surface area contributed by atoms with Crippen molar-refractivity contribution in [1.82, 2.24) is 0 Å². The first-order valence-electron chi connectivity index (χ1n) is 4.62. The van der Waals surface area contributed by atoms with Gasteiger partial charge in [0.1, 0.15) is 0 Å². The zero-order chi connectivity index (χ0) is 10.0. The smallest absolute Gasteiger partial charge is 0.335 e. The number of hydrogen-bond acceptors (Lipinski definition) is 3. The van der Waals surface area contributed by atoms with Crippen molar-refractivity contribution in [3.8, 4) is 0 Å². The molecule has 13 heavy (non-hydrogen) atoms. The summed E-state index contributed by atoms with van der Waals surface area (Å²) in [7, 11) is 0. The second-order valence-electron chi connectivity index (χ2n) is 3.30. The highest BCUT2D eigenvalue weighted by molar-refractivity contribution is 8.03. The minimum absolute atomic E-state index is 0.135. The molecule has 0 bridgehead atoms. The highest BCUT2D eigenvalue weighted by Gasteiger charge is 2.32. The van der Waals surface area contributed by atoms with Crippen LogP contribution in [0.1, 0.15) is 27.7 Å². The molecule has 0 aromatic heterocycles. The van der Waals surface area contributed by atoms with Gasteiger partial charge in [0.15, 0.2) is 0 Å². The van der Waals surface area contributed by atoms with E-state index < -0.39 is 0 Å². The molecule has 1 aliphatic heterocycles. The van der Waals surface area contributed by atoms with Gasteiger partial charge in [0.2, 0.25) is 0 Å². The fourth-order valence-corrected chi connectivity index (χ4v) is 2.83. The van der Waals surface area contributed by atoms with Gasteiger partial charge in [-0.3, -0.25) is 0 Å². The molecule has 0 radical (unpaired) electrons. The zero-order valence-electron chi connectivity index (χ0n) is 8.59. The van der Waals surface area contributed by atoms with Gasteiger partial charge < -0.3 is 4.74 Å². The average molecular weight is 200 g/mol. The van der Waals surface area contributed by atoms with Gasteiger partial charge in [0.05, 0.1) is 12.2 Å². The molecule has 1 heterocycles. The Hall–Kier alpha value is -0.440. The van der Waals surface area contributed by atoms with E-state index in [1.165, 1.54) is 0 Å². The van der Waals surface area contributed by atoms with Crippen molar-refractivity contribution in [2.24, 2.45) is 5.92 Å². The number of rotatable bonds is 2. The van der Waals surface area contributed by atoms with E-state index in [9.17, 15) is 4.79 Å². The Morgan fingerprint density at radius 1 is 1.54 bits per heavy atom. The van der Waals surface area contributed by atoms with Crippen LogP contribution in [0.3, 0.4) is 0 Å². The molecule has 3 heteroatoms. The van der Waals surface area contributed by atoms with Crippen molar-refractivity contribution in [3.05, 3.63) is 10.5 Å². The second-order valence-corrected chi connectivity index (χ2v) is 4.89. The summed E-state index contributed by atoms with van der Waals surface area (Å²) in [6, 6.07) is 0. The normalized spacial score (nSPS) is 28.0. The molecule has 0 aliphatic carbocycles. The largest absolute Gasteiger partial charge is 0.463 e. The number of thioether (sulfide) groups is 1. The van der Waals surface area contributed by atoms with E-state index in [2.05, 4.69) is 13.8 Å². The lowest BCUT2D eigenvalue weighted by Crippen LogP contribution is -2.16. The average Bonchev–Trinajstić information content (AvgIpc) is 2.27. The van der Waals surface area contributed by atoms with Crippen molar-refractivity contribution in [2.75, 3.05) is 6.61 Å². The van der Waals surface area contributed by atoms with Gasteiger partial charge in [0.25, 0.3) is 0 Å². The monoisotopic (exact) mass is 200 g/mol. The molecule has 0 amide bonds. The van der Waals surface area contributed by atoms with Gasteiger partial charge in [-0.15, -0.1) is 11.8 Å². The van der Waals surface area contributed by atoms with Crippen LogP contribution in [0.15, 0.2) is 10.5 Å². The number of hydrogen-bond donors (Lipinski definition) is 0. The van der Waals surface area contributed by atoms with Crippen molar-refractivity contribution < 1.29 is 9.53 Å². The maximum absolute atomic E-state index is 11.5. The number of carbonyl (C=O) groups excluding carboxylic acids is 1. The summed E-state index contributed by atoms with van der Waals surface area (Å²) in [4.78, 5) is 12.6. The molecular weight excluding hydrogens is 184 g/mol. The minimum atomic E-state index is -0.135. The van der Waals surface area contributed by atoms with Crippen LogP contribution in [0.4, 0.5) is 0 Å². The van der Waals surface area contributed by atoms with Crippen LogP contribution >= 0.6 is 11.8 Å². The van der Waals surface area contributed by atoms with Crippen molar-refractivity contribution in [3.63, 3.8) is 0 Å². The molecule has 74 valence electrons. The Labute approximate surface area is 83.7 Å². The molecule has 0 aromatic carbocycles. The molecule has 0 spiro atoms. The zero-order valence-corrected chi connectivity index (χ0v) is 9.40. The first-order valence-corrected chi connectivity index (χ1v) is 5.50. The molecule has 0 N–H and O–H groups in total. The number of carbonyl (C=O) groups is 1. The first-order chi connectivity index (χ1) is 6.07. The van der Waals surface area contributed by atoms with Crippen LogP contribution in [0.5, 0.6) is 0 Å². The van der Waals surface area contributed by atoms with Gasteiger partial charge in [-0.2, -0.15) is 0 Å². The van der Waals surface area contributed by atoms with Crippen LogP contribution in [-0.2, 0) is 9.53 Å². The topological polar surface area (TPSA) is 26.3 Å². The van der Waals surface area contributed by atoms with E-state index in [4.69, 9.17) is 4.74 Å². The summed E-state index contributed by atoms with van der Waals surface area (Å²) >= 11 is 1.77. The molecule has 2 unspecified atom stereocenters. The lowest BCUT2D eigenvalue weighted by Gasteiger charge is -2.11. The van der Waals surface area contributed by atoms with Crippen LogP contribution in [0.25, 0.3) is 0 Å².